The van der Waals surface area contributed by atoms with Gasteiger partial charge in [-0.2, -0.15) is 0 Å². The first-order valence-corrected chi connectivity index (χ1v) is 6.26. The predicted molar refractivity (Wildman–Crippen MR) is 74.3 cm³/mol. The number of hydrogen-bond acceptors (Lipinski definition) is 4. The average molecular weight is 295 g/mol. The molecule has 0 aliphatic rings. The van der Waals surface area contributed by atoms with Crippen molar-refractivity contribution in [1.29, 1.82) is 0 Å². The zero-order valence-corrected chi connectivity index (χ0v) is 11.5. The summed E-state index contributed by atoms with van der Waals surface area (Å²) in [5.41, 5.74) is 0.946. The normalized spacial score (nSPS) is 11.1. The Balaban J connectivity index is 2.15. The van der Waals surface area contributed by atoms with Crippen molar-refractivity contribution in [2.24, 2.45) is 0 Å². The van der Waals surface area contributed by atoms with E-state index in [4.69, 9.17) is 0 Å². The molecule has 2 aromatic rings. The fourth-order valence-electron chi connectivity index (χ4n) is 1.50. The molecule has 0 spiro atoms. The number of hydrogen-bond donors (Lipinski definition) is 1. The third kappa shape index (κ3) is 3.14. The van der Waals surface area contributed by atoms with E-state index in [1.54, 1.807) is 0 Å². The van der Waals surface area contributed by atoms with Crippen LogP contribution in [-0.4, -0.2) is 42.1 Å². The van der Waals surface area contributed by atoms with Crippen LogP contribution in [-0.2, 0) is 0 Å². The lowest BCUT2D eigenvalue weighted by atomic mass is 10.2. The fraction of sp³-hybridized carbons (Fsp3) is 0.333. The Kier molecular flexibility index (Phi) is 3.91. The van der Waals surface area contributed by atoms with Crippen LogP contribution in [0.2, 0.25) is 0 Å². The largest absolute Gasteiger partial charge is 0.353 e. The lowest BCUT2D eigenvalue weighted by molar-refractivity contribution is 0.425. The molecule has 0 fully saturated rings. The van der Waals surface area contributed by atoms with Gasteiger partial charge in [-0.3, -0.25) is 0 Å². The standard InChI is InChI=1S/C12H15BrN4/c1-17(2)7-6-14-12-15-8-9-10(13)4-3-5-11(9)16-12/h3-5,8H,6-7H2,1-2H3,(H,14,15,16). The van der Waals surface area contributed by atoms with Crippen molar-refractivity contribution in [1.82, 2.24) is 14.9 Å². The summed E-state index contributed by atoms with van der Waals surface area (Å²) in [6.07, 6.45) is 1.84. The van der Waals surface area contributed by atoms with Gasteiger partial charge in [-0.1, -0.05) is 22.0 Å². The molecule has 0 saturated heterocycles. The van der Waals surface area contributed by atoms with E-state index < -0.39 is 0 Å². The molecule has 17 heavy (non-hydrogen) atoms. The maximum Gasteiger partial charge on any atom is 0.223 e. The Morgan fingerprint density at radius 2 is 2.18 bits per heavy atom. The molecule has 2 rings (SSSR count). The van der Waals surface area contributed by atoms with Crippen molar-refractivity contribution >= 4 is 32.8 Å². The summed E-state index contributed by atoms with van der Waals surface area (Å²) < 4.78 is 1.02. The van der Waals surface area contributed by atoms with Gasteiger partial charge in [0.05, 0.1) is 5.52 Å². The van der Waals surface area contributed by atoms with E-state index in [9.17, 15) is 0 Å². The van der Waals surface area contributed by atoms with Gasteiger partial charge in [-0.25, -0.2) is 9.97 Å². The van der Waals surface area contributed by atoms with Gasteiger partial charge >= 0.3 is 0 Å². The number of rotatable bonds is 4. The average Bonchev–Trinajstić information content (AvgIpc) is 2.29. The van der Waals surface area contributed by atoms with Crippen LogP contribution >= 0.6 is 15.9 Å². The second-order valence-corrected chi connectivity index (χ2v) is 4.95. The molecule has 1 aromatic heterocycles. The summed E-state index contributed by atoms with van der Waals surface area (Å²) in [4.78, 5) is 10.9. The third-order valence-electron chi connectivity index (χ3n) is 2.41. The highest BCUT2D eigenvalue weighted by Gasteiger charge is 2.02. The Morgan fingerprint density at radius 1 is 1.35 bits per heavy atom. The smallest absolute Gasteiger partial charge is 0.223 e. The van der Waals surface area contributed by atoms with Crippen LogP contribution in [0.15, 0.2) is 28.9 Å². The highest BCUT2D eigenvalue weighted by Crippen LogP contribution is 2.22. The van der Waals surface area contributed by atoms with Gasteiger partial charge < -0.3 is 10.2 Å². The highest BCUT2D eigenvalue weighted by molar-refractivity contribution is 9.10. The molecule has 90 valence electrons. The van der Waals surface area contributed by atoms with E-state index >= 15 is 0 Å². The zero-order valence-electron chi connectivity index (χ0n) is 9.94. The summed E-state index contributed by atoms with van der Waals surface area (Å²) in [5, 5.41) is 4.24. The monoisotopic (exact) mass is 294 g/mol. The molecule has 0 aliphatic carbocycles. The number of aromatic nitrogens is 2. The first-order valence-electron chi connectivity index (χ1n) is 5.46. The van der Waals surface area contributed by atoms with Crippen LogP contribution in [0.3, 0.4) is 0 Å². The topological polar surface area (TPSA) is 41.0 Å². The van der Waals surface area contributed by atoms with Crippen molar-refractivity contribution < 1.29 is 0 Å². The molecule has 1 heterocycles. The molecule has 0 unspecified atom stereocenters. The van der Waals surface area contributed by atoms with Crippen LogP contribution in [0.1, 0.15) is 0 Å². The number of nitrogens with zero attached hydrogens (tertiary/aromatic N) is 3. The lowest BCUT2D eigenvalue weighted by Gasteiger charge is -2.10. The molecule has 4 nitrogen and oxygen atoms in total. The maximum absolute atomic E-state index is 4.46. The van der Waals surface area contributed by atoms with Crippen LogP contribution in [0.4, 0.5) is 5.95 Å². The number of benzene rings is 1. The third-order valence-corrected chi connectivity index (χ3v) is 3.11. The van der Waals surface area contributed by atoms with Crippen molar-refractivity contribution in [3.8, 4) is 0 Å². The van der Waals surface area contributed by atoms with Crippen molar-refractivity contribution in [2.75, 3.05) is 32.5 Å². The summed E-state index contributed by atoms with van der Waals surface area (Å²) in [6, 6.07) is 5.95. The van der Waals surface area contributed by atoms with Gasteiger partial charge in [-0.15, -0.1) is 0 Å². The van der Waals surface area contributed by atoms with E-state index in [1.807, 2.05) is 38.5 Å². The minimum atomic E-state index is 0.678. The zero-order chi connectivity index (χ0) is 12.3. The molecule has 1 aromatic carbocycles. The van der Waals surface area contributed by atoms with Crippen LogP contribution in [0.5, 0.6) is 0 Å². The molecule has 1 N–H and O–H groups in total. The highest BCUT2D eigenvalue weighted by atomic mass is 79.9. The molecular formula is C12H15BrN4. The molecule has 0 bridgehead atoms. The first kappa shape index (κ1) is 12.3. The lowest BCUT2D eigenvalue weighted by Crippen LogP contribution is -2.21. The molecule has 0 radical (unpaired) electrons. The van der Waals surface area contributed by atoms with Crippen molar-refractivity contribution in [2.45, 2.75) is 0 Å². The number of likely N-dealkylation sites (N-methyl/N-ethyl adjacent to an activating group) is 1. The van der Waals surface area contributed by atoms with Gasteiger partial charge in [0.1, 0.15) is 0 Å². The van der Waals surface area contributed by atoms with E-state index in [2.05, 4.69) is 36.1 Å². The summed E-state index contributed by atoms with van der Waals surface area (Å²) >= 11 is 3.49. The van der Waals surface area contributed by atoms with Crippen LogP contribution in [0, 0.1) is 0 Å². The summed E-state index contributed by atoms with van der Waals surface area (Å²) in [7, 11) is 4.08. The predicted octanol–water partition coefficient (Wildman–Crippen LogP) is 2.37. The maximum atomic E-state index is 4.46. The molecule has 0 atom stereocenters. The van der Waals surface area contributed by atoms with Gasteiger partial charge in [0.2, 0.25) is 5.95 Å². The van der Waals surface area contributed by atoms with Gasteiger partial charge in [0.25, 0.3) is 0 Å². The van der Waals surface area contributed by atoms with E-state index in [-0.39, 0.29) is 0 Å². The Labute approximate surface area is 109 Å². The summed E-state index contributed by atoms with van der Waals surface area (Å²) in [5.74, 6) is 0.678. The van der Waals surface area contributed by atoms with Gasteiger partial charge in [0.15, 0.2) is 0 Å². The van der Waals surface area contributed by atoms with Gasteiger partial charge in [-0.05, 0) is 26.2 Å². The van der Waals surface area contributed by atoms with Crippen molar-refractivity contribution in [3.05, 3.63) is 28.9 Å². The van der Waals surface area contributed by atoms with E-state index in [0.29, 0.717) is 5.95 Å². The van der Waals surface area contributed by atoms with Gasteiger partial charge in [0, 0.05) is 29.1 Å². The number of nitrogens with one attached hydrogen (secondary N) is 1. The van der Waals surface area contributed by atoms with E-state index in [1.165, 1.54) is 0 Å². The number of fused-ring (bicyclic) bond motifs is 1. The summed E-state index contributed by atoms with van der Waals surface area (Å²) in [6.45, 7) is 1.80. The second kappa shape index (κ2) is 5.42. The van der Waals surface area contributed by atoms with Crippen LogP contribution < -0.4 is 5.32 Å². The molecule has 5 heteroatoms. The molecule has 0 saturated carbocycles. The minimum absolute atomic E-state index is 0.678. The minimum Gasteiger partial charge on any atom is -0.353 e. The SMILES string of the molecule is CN(C)CCNc1ncc2c(Br)cccc2n1. The quantitative estimate of drug-likeness (QED) is 0.940. The Hall–Kier alpha value is -1.20. The van der Waals surface area contributed by atoms with Crippen molar-refractivity contribution in [3.63, 3.8) is 0 Å². The Bertz CT molecular complexity index is 513. The Morgan fingerprint density at radius 3 is 2.94 bits per heavy atom. The first-order chi connectivity index (χ1) is 8.16. The van der Waals surface area contributed by atoms with Crippen LogP contribution in [0.25, 0.3) is 10.9 Å². The molecular weight excluding hydrogens is 280 g/mol. The number of halogens is 1. The number of anilines is 1. The molecule has 0 aliphatic heterocycles. The van der Waals surface area contributed by atoms with E-state index in [0.717, 1.165) is 28.5 Å². The second-order valence-electron chi connectivity index (χ2n) is 4.10. The molecule has 0 amide bonds. The fourth-order valence-corrected chi connectivity index (χ4v) is 1.95.